The van der Waals surface area contributed by atoms with Gasteiger partial charge in [0.15, 0.2) is 0 Å². The minimum Gasteiger partial charge on any atom is -0.399 e. The fourth-order valence-corrected chi connectivity index (χ4v) is 2.83. The van der Waals surface area contributed by atoms with Crippen LogP contribution in [0.3, 0.4) is 0 Å². The highest BCUT2D eigenvalue weighted by molar-refractivity contribution is 7.99. The molecule has 2 unspecified atom stereocenters. The standard InChI is InChI=1S/C16H20N2OS/c17-13-6-8-14(9-7-13)20-11-16(19)15(18)10-12-4-2-1-3-5-12/h1-9,15-16,19H,10-11,17-18H2. The van der Waals surface area contributed by atoms with Gasteiger partial charge in [0.2, 0.25) is 0 Å². The highest BCUT2D eigenvalue weighted by atomic mass is 32.2. The number of hydrogen-bond acceptors (Lipinski definition) is 4. The summed E-state index contributed by atoms with van der Waals surface area (Å²) in [7, 11) is 0. The summed E-state index contributed by atoms with van der Waals surface area (Å²) in [6.45, 7) is 0. The van der Waals surface area contributed by atoms with E-state index < -0.39 is 6.10 Å². The average Bonchev–Trinajstić information content (AvgIpc) is 2.47. The van der Waals surface area contributed by atoms with Gasteiger partial charge >= 0.3 is 0 Å². The summed E-state index contributed by atoms with van der Waals surface area (Å²) in [4.78, 5) is 1.09. The fraction of sp³-hybridized carbons (Fsp3) is 0.250. The first-order valence-electron chi connectivity index (χ1n) is 6.61. The lowest BCUT2D eigenvalue weighted by Crippen LogP contribution is -2.38. The number of aliphatic hydroxyl groups is 1. The van der Waals surface area contributed by atoms with Crippen LogP contribution < -0.4 is 11.5 Å². The normalized spacial score (nSPS) is 13.9. The Balaban J connectivity index is 1.82. The van der Waals surface area contributed by atoms with Crippen LogP contribution in [0.15, 0.2) is 59.5 Å². The summed E-state index contributed by atoms with van der Waals surface area (Å²) in [5.74, 6) is 0.581. The van der Waals surface area contributed by atoms with E-state index in [1.54, 1.807) is 11.8 Å². The molecule has 106 valence electrons. The van der Waals surface area contributed by atoms with Crippen LogP contribution in [0.1, 0.15) is 5.56 Å². The lowest BCUT2D eigenvalue weighted by atomic mass is 10.0. The van der Waals surface area contributed by atoms with Gasteiger partial charge in [-0.15, -0.1) is 11.8 Å². The molecule has 0 heterocycles. The van der Waals surface area contributed by atoms with Crippen molar-refractivity contribution in [3.05, 3.63) is 60.2 Å². The second-order valence-electron chi connectivity index (χ2n) is 4.80. The molecule has 2 aromatic rings. The zero-order valence-corrected chi connectivity index (χ0v) is 12.1. The van der Waals surface area contributed by atoms with E-state index in [4.69, 9.17) is 11.5 Å². The van der Waals surface area contributed by atoms with Gasteiger partial charge in [0, 0.05) is 22.4 Å². The number of anilines is 1. The van der Waals surface area contributed by atoms with E-state index in [0.29, 0.717) is 12.2 Å². The van der Waals surface area contributed by atoms with Crippen LogP contribution in [0, 0.1) is 0 Å². The fourth-order valence-electron chi connectivity index (χ4n) is 1.89. The molecule has 0 saturated heterocycles. The van der Waals surface area contributed by atoms with E-state index in [2.05, 4.69) is 0 Å². The molecule has 5 N–H and O–H groups in total. The van der Waals surface area contributed by atoms with Gasteiger partial charge in [0.05, 0.1) is 6.10 Å². The Morgan fingerprint density at radius 2 is 1.65 bits per heavy atom. The summed E-state index contributed by atoms with van der Waals surface area (Å²) in [6.07, 6.45) is 0.155. The molecule has 2 rings (SSSR count). The molecule has 3 nitrogen and oxygen atoms in total. The highest BCUT2D eigenvalue weighted by Crippen LogP contribution is 2.21. The smallest absolute Gasteiger partial charge is 0.0788 e. The number of nitrogens with two attached hydrogens (primary N) is 2. The van der Waals surface area contributed by atoms with E-state index in [1.807, 2.05) is 54.6 Å². The Labute approximate surface area is 124 Å². The van der Waals surface area contributed by atoms with Crippen LogP contribution in [0.5, 0.6) is 0 Å². The van der Waals surface area contributed by atoms with E-state index in [9.17, 15) is 5.11 Å². The van der Waals surface area contributed by atoms with Crippen molar-refractivity contribution in [1.82, 2.24) is 0 Å². The molecular weight excluding hydrogens is 268 g/mol. The Bertz CT molecular complexity index is 516. The number of nitrogen functional groups attached to an aromatic ring is 1. The highest BCUT2D eigenvalue weighted by Gasteiger charge is 2.15. The van der Waals surface area contributed by atoms with Gasteiger partial charge in [0.1, 0.15) is 0 Å². The molecule has 0 saturated carbocycles. The third kappa shape index (κ3) is 4.56. The van der Waals surface area contributed by atoms with E-state index in [1.165, 1.54) is 0 Å². The van der Waals surface area contributed by atoms with E-state index in [0.717, 1.165) is 16.1 Å². The molecule has 0 aromatic heterocycles. The molecular formula is C16H20N2OS. The van der Waals surface area contributed by atoms with E-state index in [-0.39, 0.29) is 6.04 Å². The van der Waals surface area contributed by atoms with Gasteiger partial charge in [-0.1, -0.05) is 30.3 Å². The van der Waals surface area contributed by atoms with Crippen molar-refractivity contribution in [2.45, 2.75) is 23.5 Å². The van der Waals surface area contributed by atoms with Crippen molar-refractivity contribution in [2.24, 2.45) is 5.73 Å². The molecule has 0 aliphatic carbocycles. The van der Waals surface area contributed by atoms with E-state index >= 15 is 0 Å². The van der Waals surface area contributed by atoms with Gasteiger partial charge in [0.25, 0.3) is 0 Å². The molecule has 0 radical (unpaired) electrons. The zero-order valence-electron chi connectivity index (χ0n) is 11.3. The van der Waals surface area contributed by atoms with Crippen LogP contribution in [-0.2, 0) is 6.42 Å². The first-order chi connectivity index (χ1) is 9.65. The monoisotopic (exact) mass is 288 g/mol. The van der Waals surface area contributed by atoms with Gasteiger partial charge in [-0.25, -0.2) is 0 Å². The number of thioether (sulfide) groups is 1. The second-order valence-corrected chi connectivity index (χ2v) is 5.89. The number of hydrogen-bond donors (Lipinski definition) is 3. The van der Waals surface area contributed by atoms with Gasteiger partial charge in [-0.05, 0) is 36.2 Å². The van der Waals surface area contributed by atoms with Gasteiger partial charge in [-0.2, -0.15) is 0 Å². The maximum atomic E-state index is 10.1. The van der Waals surface area contributed by atoms with Crippen molar-refractivity contribution in [1.29, 1.82) is 0 Å². The Morgan fingerprint density at radius 3 is 2.30 bits per heavy atom. The molecule has 4 heteroatoms. The molecule has 0 spiro atoms. The molecule has 20 heavy (non-hydrogen) atoms. The Morgan fingerprint density at radius 1 is 1.00 bits per heavy atom. The molecule has 0 amide bonds. The SMILES string of the molecule is Nc1ccc(SCC(O)C(N)Cc2ccccc2)cc1. The van der Waals surface area contributed by atoms with Crippen LogP contribution in [0.2, 0.25) is 0 Å². The minimum absolute atomic E-state index is 0.251. The number of aliphatic hydroxyl groups excluding tert-OH is 1. The topological polar surface area (TPSA) is 72.3 Å². The Hall–Kier alpha value is -1.49. The van der Waals surface area contributed by atoms with Crippen LogP contribution in [-0.4, -0.2) is 23.0 Å². The molecule has 0 bridgehead atoms. The Kier molecular flexibility index (Phi) is 5.47. The van der Waals surface area contributed by atoms with Crippen molar-refractivity contribution in [3.8, 4) is 0 Å². The molecule has 0 aliphatic rings. The first-order valence-corrected chi connectivity index (χ1v) is 7.59. The molecule has 2 aromatic carbocycles. The quantitative estimate of drug-likeness (QED) is 0.563. The third-order valence-electron chi connectivity index (χ3n) is 3.11. The van der Waals surface area contributed by atoms with Crippen molar-refractivity contribution < 1.29 is 5.11 Å². The van der Waals surface area contributed by atoms with Crippen LogP contribution in [0.25, 0.3) is 0 Å². The van der Waals surface area contributed by atoms with Gasteiger partial charge < -0.3 is 16.6 Å². The predicted molar refractivity (Wildman–Crippen MR) is 85.7 cm³/mol. The second kappa shape index (κ2) is 7.33. The first kappa shape index (κ1) is 14.9. The predicted octanol–water partition coefficient (Wildman–Crippen LogP) is 2.29. The number of benzene rings is 2. The summed E-state index contributed by atoms with van der Waals surface area (Å²) >= 11 is 1.59. The summed E-state index contributed by atoms with van der Waals surface area (Å²) < 4.78 is 0. The molecule has 2 atom stereocenters. The van der Waals surface area contributed by atoms with Crippen LogP contribution in [0.4, 0.5) is 5.69 Å². The lowest BCUT2D eigenvalue weighted by Gasteiger charge is -2.18. The number of rotatable bonds is 6. The average molecular weight is 288 g/mol. The van der Waals surface area contributed by atoms with Crippen molar-refractivity contribution in [3.63, 3.8) is 0 Å². The summed E-state index contributed by atoms with van der Waals surface area (Å²) in [5.41, 5.74) is 13.6. The maximum Gasteiger partial charge on any atom is 0.0788 e. The van der Waals surface area contributed by atoms with Crippen LogP contribution >= 0.6 is 11.8 Å². The molecule has 0 fully saturated rings. The minimum atomic E-state index is -0.530. The lowest BCUT2D eigenvalue weighted by molar-refractivity contribution is 0.167. The summed E-state index contributed by atoms with van der Waals surface area (Å²) in [6, 6.07) is 17.4. The van der Waals surface area contributed by atoms with Crippen molar-refractivity contribution in [2.75, 3.05) is 11.5 Å². The van der Waals surface area contributed by atoms with Gasteiger partial charge in [-0.3, -0.25) is 0 Å². The largest absolute Gasteiger partial charge is 0.399 e. The maximum absolute atomic E-state index is 10.1. The van der Waals surface area contributed by atoms with Crippen molar-refractivity contribution >= 4 is 17.4 Å². The zero-order chi connectivity index (χ0) is 14.4. The molecule has 0 aliphatic heterocycles. The third-order valence-corrected chi connectivity index (χ3v) is 4.22. The summed E-state index contributed by atoms with van der Waals surface area (Å²) in [5, 5.41) is 10.1.